The highest BCUT2D eigenvalue weighted by atomic mass is 32.1. The zero-order valence-electron chi connectivity index (χ0n) is 15.7. The van der Waals surface area contributed by atoms with Crippen molar-refractivity contribution in [3.05, 3.63) is 39.6 Å². The summed E-state index contributed by atoms with van der Waals surface area (Å²) in [6, 6.07) is 3.96. The first kappa shape index (κ1) is 19.8. The molecule has 0 aliphatic heterocycles. The van der Waals surface area contributed by atoms with Crippen molar-refractivity contribution in [3.63, 3.8) is 0 Å². The summed E-state index contributed by atoms with van der Waals surface area (Å²) in [5.41, 5.74) is 0.751. The highest BCUT2D eigenvalue weighted by molar-refractivity contribution is 7.18. The zero-order valence-corrected chi connectivity index (χ0v) is 17.4. The van der Waals surface area contributed by atoms with Gasteiger partial charge in [0.2, 0.25) is 5.91 Å². The van der Waals surface area contributed by atoms with E-state index < -0.39 is 0 Å². The Hall–Kier alpha value is -1.99. The number of rotatable bonds is 9. The van der Waals surface area contributed by atoms with Crippen LogP contribution in [0.2, 0.25) is 0 Å². The second-order valence-electron chi connectivity index (χ2n) is 6.71. The van der Waals surface area contributed by atoms with Crippen molar-refractivity contribution in [1.29, 1.82) is 0 Å². The number of amides is 1. The van der Waals surface area contributed by atoms with E-state index in [-0.39, 0.29) is 18.0 Å². The van der Waals surface area contributed by atoms with Crippen LogP contribution in [0.25, 0.3) is 20.7 Å². The average molecular weight is 404 g/mol. The molecule has 5 nitrogen and oxygen atoms in total. The number of nitrogens with one attached hydrogen (secondary N) is 1. The fraction of sp³-hybridized carbons (Fsp3) is 0.450. The maximum Gasteiger partial charge on any atom is 0.263 e. The minimum Gasteiger partial charge on any atom is -0.354 e. The molecule has 3 heterocycles. The Balaban J connectivity index is 1.73. The molecule has 0 fully saturated rings. The number of aromatic nitrogens is 2. The Morgan fingerprint density at radius 2 is 2.19 bits per heavy atom. The van der Waals surface area contributed by atoms with Gasteiger partial charge in [0.25, 0.3) is 5.56 Å². The number of carbonyl (C=O) groups is 1. The molecule has 0 aliphatic carbocycles. The van der Waals surface area contributed by atoms with E-state index in [1.807, 2.05) is 22.9 Å². The Kier molecular flexibility index (Phi) is 6.79. The van der Waals surface area contributed by atoms with Gasteiger partial charge in [0.1, 0.15) is 11.4 Å². The van der Waals surface area contributed by atoms with Crippen LogP contribution in [0.4, 0.5) is 0 Å². The number of unbranched alkanes of at least 4 members (excludes halogenated alkanes) is 1. The van der Waals surface area contributed by atoms with Crippen LogP contribution >= 0.6 is 22.7 Å². The van der Waals surface area contributed by atoms with Gasteiger partial charge < -0.3 is 5.32 Å². The van der Waals surface area contributed by atoms with Gasteiger partial charge in [0, 0.05) is 22.4 Å². The maximum atomic E-state index is 12.9. The van der Waals surface area contributed by atoms with Crippen LogP contribution in [-0.2, 0) is 11.3 Å². The Bertz CT molecular complexity index is 944. The van der Waals surface area contributed by atoms with Crippen molar-refractivity contribution in [1.82, 2.24) is 14.9 Å². The van der Waals surface area contributed by atoms with Crippen molar-refractivity contribution >= 4 is 38.8 Å². The van der Waals surface area contributed by atoms with Gasteiger partial charge in [-0.3, -0.25) is 14.2 Å². The summed E-state index contributed by atoms with van der Waals surface area (Å²) in [7, 11) is 0. The third-order valence-electron chi connectivity index (χ3n) is 4.79. The van der Waals surface area contributed by atoms with E-state index in [0.29, 0.717) is 22.7 Å². The van der Waals surface area contributed by atoms with Crippen molar-refractivity contribution < 1.29 is 4.79 Å². The smallest absolute Gasteiger partial charge is 0.263 e. The highest BCUT2D eigenvalue weighted by Crippen LogP contribution is 2.33. The van der Waals surface area contributed by atoms with Gasteiger partial charge in [0.15, 0.2) is 0 Å². The van der Waals surface area contributed by atoms with Crippen molar-refractivity contribution in [2.45, 2.75) is 46.1 Å². The van der Waals surface area contributed by atoms with Crippen molar-refractivity contribution in [3.8, 4) is 10.4 Å². The summed E-state index contributed by atoms with van der Waals surface area (Å²) in [5.74, 6) is 0.356. The monoisotopic (exact) mass is 403 g/mol. The lowest BCUT2D eigenvalue weighted by Gasteiger charge is -2.15. The van der Waals surface area contributed by atoms with E-state index in [0.717, 1.165) is 23.3 Å². The van der Waals surface area contributed by atoms with Gasteiger partial charge in [0.05, 0.1) is 11.7 Å². The minimum absolute atomic E-state index is 0.00567. The summed E-state index contributed by atoms with van der Waals surface area (Å²) in [6.45, 7) is 5.00. The third kappa shape index (κ3) is 4.65. The van der Waals surface area contributed by atoms with E-state index in [2.05, 4.69) is 24.1 Å². The van der Waals surface area contributed by atoms with Gasteiger partial charge in [-0.05, 0) is 23.8 Å². The molecule has 3 aromatic rings. The lowest BCUT2D eigenvalue weighted by molar-refractivity contribution is -0.121. The molecule has 0 aromatic carbocycles. The standard InChI is InChI=1S/C20H25N3O2S2/c1-3-5-7-14(4-2)10-21-17(24)11-23-13-22-19-18(20(23)25)15(12-27-19)16-8-6-9-26-16/h6,8-9,12-14H,3-5,7,10-11H2,1-2H3,(H,21,24). The first-order chi connectivity index (χ1) is 13.1. The number of hydrogen-bond acceptors (Lipinski definition) is 5. The van der Waals surface area contributed by atoms with Crippen LogP contribution in [0.1, 0.15) is 39.5 Å². The lowest BCUT2D eigenvalue weighted by atomic mass is 9.99. The van der Waals surface area contributed by atoms with Gasteiger partial charge in [-0.15, -0.1) is 22.7 Å². The predicted octanol–water partition coefficient (Wildman–Crippen LogP) is 4.52. The Labute approximate surface area is 167 Å². The maximum absolute atomic E-state index is 12.9. The zero-order chi connectivity index (χ0) is 19.2. The van der Waals surface area contributed by atoms with E-state index >= 15 is 0 Å². The molecule has 0 saturated heterocycles. The second kappa shape index (κ2) is 9.28. The number of hydrogen-bond donors (Lipinski definition) is 1. The Morgan fingerprint density at radius 3 is 2.89 bits per heavy atom. The summed E-state index contributed by atoms with van der Waals surface area (Å²) in [5, 5.41) is 7.54. The van der Waals surface area contributed by atoms with Crippen molar-refractivity contribution in [2.24, 2.45) is 5.92 Å². The highest BCUT2D eigenvalue weighted by Gasteiger charge is 2.15. The van der Waals surface area contributed by atoms with E-state index in [1.54, 1.807) is 11.3 Å². The third-order valence-corrected chi connectivity index (χ3v) is 6.58. The number of fused-ring (bicyclic) bond motifs is 1. The molecule has 0 saturated carbocycles. The fourth-order valence-corrected chi connectivity index (χ4v) is 4.83. The van der Waals surface area contributed by atoms with Gasteiger partial charge in [-0.2, -0.15) is 0 Å². The molecule has 3 rings (SSSR count). The van der Waals surface area contributed by atoms with Crippen LogP contribution in [0.15, 0.2) is 34.0 Å². The molecule has 1 atom stereocenters. The second-order valence-corrected chi connectivity index (χ2v) is 8.51. The average Bonchev–Trinajstić information content (AvgIpc) is 3.33. The topological polar surface area (TPSA) is 64.0 Å². The van der Waals surface area contributed by atoms with Gasteiger partial charge >= 0.3 is 0 Å². The van der Waals surface area contributed by atoms with Crippen LogP contribution in [0, 0.1) is 5.92 Å². The SMILES string of the molecule is CCCCC(CC)CNC(=O)Cn1cnc2scc(-c3cccs3)c2c1=O. The molecule has 1 unspecified atom stereocenters. The molecule has 1 amide bonds. The van der Waals surface area contributed by atoms with Crippen molar-refractivity contribution in [2.75, 3.05) is 6.54 Å². The minimum atomic E-state index is -0.155. The summed E-state index contributed by atoms with van der Waals surface area (Å²) in [4.78, 5) is 31.4. The van der Waals surface area contributed by atoms with Gasteiger partial charge in [-0.25, -0.2) is 4.98 Å². The van der Waals surface area contributed by atoms with Crippen LogP contribution < -0.4 is 10.9 Å². The van der Waals surface area contributed by atoms with Crippen LogP contribution in [0.5, 0.6) is 0 Å². The first-order valence-corrected chi connectivity index (χ1v) is 11.2. The fourth-order valence-electron chi connectivity index (χ4n) is 3.11. The van der Waals surface area contributed by atoms with Gasteiger partial charge in [-0.1, -0.05) is 39.2 Å². The van der Waals surface area contributed by atoms with E-state index in [4.69, 9.17) is 0 Å². The summed E-state index contributed by atoms with van der Waals surface area (Å²) in [6.07, 6.45) is 6.00. The first-order valence-electron chi connectivity index (χ1n) is 9.41. The Morgan fingerprint density at radius 1 is 1.33 bits per heavy atom. The lowest BCUT2D eigenvalue weighted by Crippen LogP contribution is -2.35. The molecule has 7 heteroatoms. The molecular formula is C20H25N3O2S2. The molecule has 0 spiro atoms. The van der Waals surface area contributed by atoms with Crippen LogP contribution in [-0.4, -0.2) is 22.0 Å². The number of thiophene rings is 2. The van der Waals surface area contributed by atoms with E-state index in [1.165, 1.54) is 35.1 Å². The summed E-state index contributed by atoms with van der Waals surface area (Å²) < 4.78 is 1.41. The molecule has 3 aromatic heterocycles. The molecule has 0 radical (unpaired) electrons. The predicted molar refractivity (Wildman–Crippen MR) is 114 cm³/mol. The molecule has 1 N–H and O–H groups in total. The number of carbonyl (C=O) groups excluding carboxylic acids is 1. The number of nitrogens with zero attached hydrogens (tertiary/aromatic N) is 2. The quantitative estimate of drug-likeness (QED) is 0.571. The molecule has 27 heavy (non-hydrogen) atoms. The van der Waals surface area contributed by atoms with E-state index in [9.17, 15) is 9.59 Å². The molecule has 0 bridgehead atoms. The molecule has 0 aliphatic rings. The molecular weight excluding hydrogens is 378 g/mol. The molecule has 144 valence electrons. The summed E-state index contributed by atoms with van der Waals surface area (Å²) >= 11 is 3.06. The largest absolute Gasteiger partial charge is 0.354 e. The van der Waals surface area contributed by atoms with Crippen LogP contribution in [0.3, 0.4) is 0 Å². The normalized spacial score (nSPS) is 12.4.